The molecular formula is C14H16F5N7. The van der Waals surface area contributed by atoms with Gasteiger partial charge in [0.15, 0.2) is 11.5 Å². The number of anilines is 2. The van der Waals surface area contributed by atoms with E-state index in [0.29, 0.717) is 0 Å². The molecule has 1 saturated carbocycles. The highest BCUT2D eigenvalue weighted by Gasteiger charge is 2.38. The smallest absolute Gasteiger partial charge is 0.368 e. The predicted octanol–water partition coefficient (Wildman–Crippen LogP) is 2.86. The van der Waals surface area contributed by atoms with Crippen LogP contribution >= 0.6 is 0 Å². The lowest BCUT2D eigenvalue weighted by Gasteiger charge is -2.28. The molecule has 2 heterocycles. The van der Waals surface area contributed by atoms with Gasteiger partial charge in [-0.15, -0.1) is 0 Å². The summed E-state index contributed by atoms with van der Waals surface area (Å²) in [5.74, 6) is -3.32. The van der Waals surface area contributed by atoms with E-state index >= 15 is 0 Å². The first-order chi connectivity index (χ1) is 12.0. The molecule has 12 heteroatoms. The molecule has 0 saturated heterocycles. The van der Waals surface area contributed by atoms with Gasteiger partial charge in [-0.25, -0.2) is 8.78 Å². The maximum atomic E-state index is 13.2. The van der Waals surface area contributed by atoms with E-state index in [-0.39, 0.29) is 55.0 Å². The van der Waals surface area contributed by atoms with Crippen LogP contribution in [0.1, 0.15) is 31.4 Å². The Balaban J connectivity index is 1.88. The lowest BCUT2D eigenvalue weighted by Crippen LogP contribution is -2.32. The summed E-state index contributed by atoms with van der Waals surface area (Å²) in [5.41, 5.74) is 4.10. The Morgan fingerprint density at radius 3 is 2.46 bits per heavy atom. The van der Waals surface area contributed by atoms with Crippen LogP contribution in [0.5, 0.6) is 0 Å². The van der Waals surface area contributed by atoms with Gasteiger partial charge in [-0.3, -0.25) is 4.68 Å². The maximum Gasteiger partial charge on any atom is 0.435 e. The van der Waals surface area contributed by atoms with Gasteiger partial charge in [0.05, 0.1) is 5.56 Å². The molecule has 1 aliphatic carbocycles. The van der Waals surface area contributed by atoms with Crippen molar-refractivity contribution in [3.05, 3.63) is 11.9 Å². The zero-order valence-corrected chi connectivity index (χ0v) is 13.7. The van der Waals surface area contributed by atoms with Crippen LogP contribution in [-0.4, -0.2) is 36.7 Å². The molecule has 1 aliphatic rings. The van der Waals surface area contributed by atoms with Crippen molar-refractivity contribution in [2.45, 2.75) is 43.8 Å². The molecular weight excluding hydrogens is 361 g/mol. The molecule has 3 rings (SSSR count). The second-order valence-electron chi connectivity index (χ2n) is 6.18. The highest BCUT2D eigenvalue weighted by Crippen LogP contribution is 2.36. The van der Waals surface area contributed by atoms with Crippen LogP contribution < -0.4 is 11.1 Å². The second kappa shape index (κ2) is 6.32. The number of aryl methyl sites for hydroxylation is 1. The van der Waals surface area contributed by atoms with Crippen LogP contribution in [0, 0.1) is 0 Å². The number of hydrogen-bond acceptors (Lipinski definition) is 6. The first-order valence-electron chi connectivity index (χ1n) is 7.81. The Labute approximate surface area is 144 Å². The third kappa shape index (κ3) is 3.99. The van der Waals surface area contributed by atoms with Crippen LogP contribution in [-0.2, 0) is 13.2 Å². The zero-order valence-electron chi connectivity index (χ0n) is 13.7. The average Bonchev–Trinajstić information content (AvgIpc) is 2.91. The van der Waals surface area contributed by atoms with Crippen LogP contribution in [0.25, 0.3) is 11.4 Å². The summed E-state index contributed by atoms with van der Waals surface area (Å²) in [6, 6.07) is -0.319. The Hall–Kier alpha value is -2.53. The highest BCUT2D eigenvalue weighted by molar-refractivity contribution is 5.60. The van der Waals surface area contributed by atoms with Gasteiger partial charge in [-0.2, -0.15) is 33.2 Å². The Morgan fingerprint density at radius 1 is 1.19 bits per heavy atom. The van der Waals surface area contributed by atoms with Gasteiger partial charge in [0.2, 0.25) is 17.8 Å². The summed E-state index contributed by atoms with van der Waals surface area (Å²) in [6.07, 6.45) is -3.75. The van der Waals surface area contributed by atoms with E-state index in [1.807, 2.05) is 0 Å². The molecule has 0 bridgehead atoms. The van der Waals surface area contributed by atoms with Crippen molar-refractivity contribution < 1.29 is 22.0 Å². The van der Waals surface area contributed by atoms with E-state index in [4.69, 9.17) is 5.73 Å². The fourth-order valence-corrected chi connectivity index (χ4v) is 2.81. The van der Waals surface area contributed by atoms with E-state index in [1.165, 1.54) is 7.05 Å². The monoisotopic (exact) mass is 377 g/mol. The number of nitrogens with two attached hydrogens (primary N) is 1. The molecule has 7 nitrogen and oxygen atoms in total. The molecule has 26 heavy (non-hydrogen) atoms. The molecule has 142 valence electrons. The van der Waals surface area contributed by atoms with Gasteiger partial charge in [0, 0.05) is 32.1 Å². The molecule has 0 unspecified atom stereocenters. The lowest BCUT2D eigenvalue weighted by atomic mass is 9.92. The van der Waals surface area contributed by atoms with E-state index < -0.39 is 17.8 Å². The minimum absolute atomic E-state index is 0.0558. The predicted molar refractivity (Wildman–Crippen MR) is 82.3 cm³/mol. The molecule has 2 aromatic rings. The van der Waals surface area contributed by atoms with Gasteiger partial charge in [0.25, 0.3) is 0 Å². The van der Waals surface area contributed by atoms with Crippen molar-refractivity contribution in [2.24, 2.45) is 7.05 Å². The van der Waals surface area contributed by atoms with Crippen LogP contribution in [0.15, 0.2) is 6.20 Å². The largest absolute Gasteiger partial charge is 0.435 e. The van der Waals surface area contributed by atoms with Crippen LogP contribution in [0.4, 0.5) is 33.8 Å². The van der Waals surface area contributed by atoms with Gasteiger partial charge < -0.3 is 11.1 Å². The van der Waals surface area contributed by atoms with Crippen molar-refractivity contribution in [1.82, 2.24) is 24.7 Å². The van der Waals surface area contributed by atoms with Crippen LogP contribution in [0.2, 0.25) is 0 Å². The number of hydrogen-bond donors (Lipinski definition) is 2. The molecule has 0 aromatic carbocycles. The fourth-order valence-electron chi connectivity index (χ4n) is 2.81. The number of rotatable bonds is 3. The summed E-state index contributed by atoms with van der Waals surface area (Å²) in [5, 5.41) is 6.25. The summed E-state index contributed by atoms with van der Waals surface area (Å²) < 4.78 is 66.8. The SMILES string of the molecule is Cn1cc(-c2nc(N)nc(NC3CCC(F)(F)CC3)n2)c(C(F)(F)F)n1. The number of nitrogens with one attached hydrogen (secondary N) is 1. The molecule has 0 spiro atoms. The summed E-state index contributed by atoms with van der Waals surface area (Å²) >= 11 is 0. The first kappa shape index (κ1) is 18.3. The number of aromatic nitrogens is 5. The third-order valence-electron chi connectivity index (χ3n) is 4.04. The second-order valence-corrected chi connectivity index (χ2v) is 6.18. The van der Waals surface area contributed by atoms with E-state index in [9.17, 15) is 22.0 Å². The molecule has 0 aliphatic heterocycles. The van der Waals surface area contributed by atoms with Crippen molar-refractivity contribution in [2.75, 3.05) is 11.1 Å². The van der Waals surface area contributed by atoms with Gasteiger partial charge in [0.1, 0.15) is 0 Å². The standard InChI is InChI=1S/C14H16F5N7/c1-26-6-8(9(25-26)14(17,18)19)10-22-11(20)24-12(23-10)21-7-2-4-13(15,16)5-3-7/h6-7H,2-5H2,1H3,(H3,20,21,22,23,24). The summed E-state index contributed by atoms with van der Waals surface area (Å²) in [6.45, 7) is 0. The van der Waals surface area contributed by atoms with E-state index in [0.717, 1.165) is 10.9 Å². The Morgan fingerprint density at radius 2 is 1.85 bits per heavy atom. The highest BCUT2D eigenvalue weighted by atomic mass is 19.4. The number of nitrogens with zero attached hydrogens (tertiary/aromatic N) is 5. The molecule has 1 fully saturated rings. The van der Waals surface area contributed by atoms with E-state index in [2.05, 4.69) is 25.4 Å². The average molecular weight is 377 g/mol. The van der Waals surface area contributed by atoms with Gasteiger partial charge in [-0.1, -0.05) is 0 Å². The van der Waals surface area contributed by atoms with Crippen molar-refractivity contribution in [1.29, 1.82) is 0 Å². The number of alkyl halides is 5. The molecule has 0 amide bonds. The topological polar surface area (TPSA) is 94.5 Å². The molecule has 0 radical (unpaired) electrons. The van der Waals surface area contributed by atoms with Crippen molar-refractivity contribution in [3.63, 3.8) is 0 Å². The van der Waals surface area contributed by atoms with Crippen molar-refractivity contribution >= 4 is 11.9 Å². The van der Waals surface area contributed by atoms with Crippen LogP contribution in [0.3, 0.4) is 0 Å². The van der Waals surface area contributed by atoms with Gasteiger partial charge >= 0.3 is 6.18 Å². The molecule has 2 aromatic heterocycles. The van der Waals surface area contributed by atoms with E-state index in [1.54, 1.807) is 0 Å². The minimum Gasteiger partial charge on any atom is -0.368 e. The zero-order chi connectivity index (χ0) is 19.1. The molecule has 0 atom stereocenters. The minimum atomic E-state index is -4.69. The molecule has 3 N–H and O–H groups in total. The summed E-state index contributed by atoms with van der Waals surface area (Å²) in [4.78, 5) is 11.6. The Kier molecular flexibility index (Phi) is 4.44. The Bertz CT molecular complexity index is 791. The number of halogens is 5. The van der Waals surface area contributed by atoms with Crippen molar-refractivity contribution in [3.8, 4) is 11.4 Å². The quantitative estimate of drug-likeness (QED) is 0.799. The third-order valence-corrected chi connectivity index (χ3v) is 4.04. The maximum absolute atomic E-state index is 13.2. The summed E-state index contributed by atoms with van der Waals surface area (Å²) in [7, 11) is 1.34. The normalized spacial score (nSPS) is 18.1. The first-order valence-corrected chi connectivity index (χ1v) is 7.81. The fraction of sp³-hybridized carbons (Fsp3) is 0.571. The van der Waals surface area contributed by atoms with Gasteiger partial charge in [-0.05, 0) is 12.8 Å². The lowest BCUT2D eigenvalue weighted by molar-refractivity contribution is -0.141. The number of nitrogen functional groups attached to an aromatic ring is 1.